The fraction of sp³-hybridized carbons (Fsp3) is 0.0800. The number of aromatic hydroxyl groups is 2. The second kappa shape index (κ2) is 10.1. The number of carbonyl (C=O) groups excluding carboxylic acids is 2. The van der Waals surface area contributed by atoms with E-state index in [-0.39, 0.29) is 29.1 Å². The number of benzene rings is 3. The van der Waals surface area contributed by atoms with Crippen molar-refractivity contribution in [1.82, 2.24) is 15.4 Å². The molecule has 0 saturated carbocycles. The summed E-state index contributed by atoms with van der Waals surface area (Å²) in [7, 11) is 0. The van der Waals surface area contributed by atoms with Gasteiger partial charge in [0.2, 0.25) is 5.12 Å². The number of amides is 1. The number of hydrogen-bond acceptors (Lipinski definition) is 9. The van der Waals surface area contributed by atoms with E-state index in [4.69, 9.17) is 0 Å². The number of hydrazine groups is 1. The molecule has 1 fully saturated rings. The van der Waals surface area contributed by atoms with Gasteiger partial charge in [-0.3, -0.25) is 14.6 Å². The number of nitrogens with one attached hydrogen (secondary N) is 1. The Bertz CT molecular complexity index is 1390. The first-order valence-electron chi connectivity index (χ1n) is 10.6. The van der Waals surface area contributed by atoms with E-state index >= 15 is 0 Å². The molecule has 3 N–H and O–H groups in total. The lowest BCUT2D eigenvalue weighted by molar-refractivity contribution is -0.129. The summed E-state index contributed by atoms with van der Waals surface area (Å²) >= 11 is 3.85. The Morgan fingerprint density at radius 2 is 1.71 bits per heavy atom. The molecule has 1 unspecified atom stereocenters. The minimum Gasteiger partial charge on any atom is -0.508 e. The van der Waals surface area contributed by atoms with E-state index in [1.807, 2.05) is 24.3 Å². The summed E-state index contributed by atoms with van der Waals surface area (Å²) in [5.74, 6) is 0.00995. The largest absolute Gasteiger partial charge is 0.508 e. The van der Waals surface area contributed by atoms with Gasteiger partial charge in [0.15, 0.2) is 4.34 Å². The van der Waals surface area contributed by atoms with Gasteiger partial charge in [-0.2, -0.15) is 0 Å². The highest BCUT2D eigenvalue weighted by atomic mass is 32.2. The third kappa shape index (κ3) is 5.35. The molecular weight excluding hydrogens is 502 g/mol. The van der Waals surface area contributed by atoms with Crippen molar-refractivity contribution in [3.63, 3.8) is 0 Å². The van der Waals surface area contributed by atoms with E-state index in [2.05, 4.69) is 10.4 Å². The summed E-state index contributed by atoms with van der Waals surface area (Å²) in [4.78, 5) is 30.9. The summed E-state index contributed by atoms with van der Waals surface area (Å²) in [6.07, 6.45) is 1.75. The minimum absolute atomic E-state index is 0.0615. The number of phenolic OH excluding ortho intramolecular Hbond substituents is 2. The molecule has 1 amide bonds. The molecule has 0 spiro atoms. The number of phenols is 2. The van der Waals surface area contributed by atoms with Crippen LogP contribution in [0.25, 0.3) is 16.3 Å². The predicted molar refractivity (Wildman–Crippen MR) is 140 cm³/mol. The maximum Gasteiger partial charge on any atom is 0.275 e. The first-order chi connectivity index (χ1) is 17.0. The first-order valence-corrected chi connectivity index (χ1v) is 13.1. The van der Waals surface area contributed by atoms with E-state index in [0.717, 1.165) is 33.1 Å². The average molecular weight is 522 g/mol. The Morgan fingerprint density at radius 1 is 1.03 bits per heavy atom. The number of nitrogens with zero attached hydrogens (tertiary/aromatic N) is 2. The molecule has 1 atom stereocenters. The van der Waals surface area contributed by atoms with Gasteiger partial charge in [0.1, 0.15) is 16.9 Å². The van der Waals surface area contributed by atoms with E-state index < -0.39 is 5.37 Å². The highest BCUT2D eigenvalue weighted by Crippen LogP contribution is 2.45. The molecule has 1 saturated heterocycles. The molecule has 7 nitrogen and oxygen atoms in total. The van der Waals surface area contributed by atoms with Crippen molar-refractivity contribution < 1.29 is 19.8 Å². The Hall–Kier alpha value is -3.31. The zero-order valence-electron chi connectivity index (χ0n) is 18.1. The minimum atomic E-state index is -0.424. The van der Waals surface area contributed by atoms with Gasteiger partial charge in [-0.15, -0.1) is 11.3 Å². The molecule has 3 aromatic carbocycles. The monoisotopic (exact) mass is 521 g/mol. The van der Waals surface area contributed by atoms with Gasteiger partial charge >= 0.3 is 0 Å². The average Bonchev–Trinajstić information content (AvgIpc) is 3.40. The van der Waals surface area contributed by atoms with E-state index in [0.29, 0.717) is 9.24 Å². The highest BCUT2D eigenvalue weighted by molar-refractivity contribution is 8.15. The second-order valence-electron chi connectivity index (χ2n) is 7.59. The summed E-state index contributed by atoms with van der Waals surface area (Å²) in [6, 6.07) is 20.9. The Balaban J connectivity index is 1.33. The highest BCUT2D eigenvalue weighted by Gasteiger charge is 2.37. The van der Waals surface area contributed by atoms with Crippen LogP contribution < -0.4 is 5.43 Å². The maximum absolute atomic E-state index is 13.3. The molecule has 1 aliphatic rings. The van der Waals surface area contributed by atoms with Crippen LogP contribution in [-0.4, -0.2) is 37.8 Å². The van der Waals surface area contributed by atoms with Crippen LogP contribution >= 0.6 is 34.9 Å². The van der Waals surface area contributed by atoms with Gasteiger partial charge in [-0.1, -0.05) is 48.2 Å². The molecule has 176 valence electrons. The van der Waals surface area contributed by atoms with Crippen molar-refractivity contribution in [2.45, 2.75) is 9.71 Å². The van der Waals surface area contributed by atoms with Crippen LogP contribution in [0.5, 0.6) is 11.5 Å². The van der Waals surface area contributed by atoms with Crippen molar-refractivity contribution in [3.05, 3.63) is 88.8 Å². The second-order valence-corrected chi connectivity index (χ2v) is 11.1. The standard InChI is InChI=1S/C25H19N3O4S3/c29-17-9-5-15(6-10-17)13-21-23(32)28(24(33-21)16-7-11-18(30)12-8-16)26-14-22(31)35-25-27-19-3-1-2-4-20(19)34-25/h1-13,24,26,29-30H,14H2/b21-13+. The van der Waals surface area contributed by atoms with Crippen molar-refractivity contribution >= 4 is 62.2 Å². The van der Waals surface area contributed by atoms with E-state index in [1.54, 1.807) is 54.6 Å². The maximum atomic E-state index is 13.3. The number of carbonyl (C=O) groups is 2. The van der Waals surface area contributed by atoms with Gasteiger partial charge in [0.05, 0.1) is 21.7 Å². The lowest BCUT2D eigenvalue weighted by Gasteiger charge is -2.23. The molecule has 0 aliphatic carbocycles. The van der Waals surface area contributed by atoms with Crippen molar-refractivity contribution in [1.29, 1.82) is 0 Å². The number of aromatic nitrogens is 1. The lowest BCUT2D eigenvalue weighted by Crippen LogP contribution is -2.42. The Morgan fingerprint density at radius 3 is 2.43 bits per heavy atom. The number of thiazole rings is 1. The topological polar surface area (TPSA) is 103 Å². The number of rotatable bonds is 6. The molecule has 4 aromatic rings. The zero-order valence-corrected chi connectivity index (χ0v) is 20.6. The quantitative estimate of drug-likeness (QED) is 0.237. The summed E-state index contributed by atoms with van der Waals surface area (Å²) in [5.41, 5.74) is 5.42. The Labute approximate surface area is 213 Å². The van der Waals surface area contributed by atoms with Crippen molar-refractivity contribution in [2.75, 3.05) is 6.54 Å². The van der Waals surface area contributed by atoms with Crippen LogP contribution in [-0.2, 0) is 9.59 Å². The van der Waals surface area contributed by atoms with Gasteiger partial charge < -0.3 is 10.2 Å². The first kappa shape index (κ1) is 23.4. The van der Waals surface area contributed by atoms with Gasteiger partial charge in [0, 0.05) is 0 Å². The van der Waals surface area contributed by atoms with Crippen LogP contribution in [0.15, 0.2) is 82.0 Å². The van der Waals surface area contributed by atoms with E-state index in [9.17, 15) is 19.8 Å². The Kier molecular flexibility index (Phi) is 6.78. The van der Waals surface area contributed by atoms with E-state index in [1.165, 1.54) is 28.1 Å². The van der Waals surface area contributed by atoms with Crippen molar-refractivity contribution in [3.8, 4) is 11.5 Å². The summed E-state index contributed by atoms with van der Waals surface area (Å²) in [5, 5.41) is 20.0. The number of fused-ring (bicyclic) bond motifs is 1. The zero-order chi connectivity index (χ0) is 24.4. The molecule has 35 heavy (non-hydrogen) atoms. The fourth-order valence-corrected chi connectivity index (χ4v) is 6.55. The van der Waals surface area contributed by atoms with Crippen LogP contribution in [0.4, 0.5) is 0 Å². The number of para-hydroxylation sites is 1. The van der Waals surface area contributed by atoms with Crippen LogP contribution in [0.3, 0.4) is 0 Å². The summed E-state index contributed by atoms with van der Waals surface area (Å²) in [6.45, 7) is -0.0615. The molecule has 0 radical (unpaired) electrons. The molecule has 2 heterocycles. The van der Waals surface area contributed by atoms with Gasteiger partial charge in [-0.05, 0) is 65.4 Å². The van der Waals surface area contributed by atoms with Crippen LogP contribution in [0.1, 0.15) is 16.5 Å². The molecule has 1 aromatic heterocycles. The summed E-state index contributed by atoms with van der Waals surface area (Å²) < 4.78 is 1.67. The van der Waals surface area contributed by atoms with Crippen LogP contribution in [0.2, 0.25) is 0 Å². The molecular formula is C25H19N3O4S3. The molecule has 5 rings (SSSR count). The smallest absolute Gasteiger partial charge is 0.275 e. The predicted octanol–water partition coefficient (Wildman–Crippen LogP) is 5.15. The lowest BCUT2D eigenvalue weighted by atomic mass is 10.2. The van der Waals surface area contributed by atoms with Gasteiger partial charge in [-0.25, -0.2) is 10.4 Å². The fourth-order valence-electron chi connectivity index (χ4n) is 3.45. The van der Waals surface area contributed by atoms with Crippen molar-refractivity contribution in [2.24, 2.45) is 0 Å². The number of thioether (sulfide) groups is 2. The molecule has 0 bridgehead atoms. The SMILES string of the molecule is O=C(CNN1C(=O)/C(=C\c2ccc(O)cc2)SC1c1ccc(O)cc1)Sc1nc2ccccc2s1. The molecule has 1 aliphatic heterocycles. The third-order valence-corrected chi connectivity index (χ3v) is 8.36. The third-order valence-electron chi connectivity index (χ3n) is 5.14. The number of hydrogen-bond donors (Lipinski definition) is 3. The molecule has 10 heteroatoms. The van der Waals surface area contributed by atoms with Crippen LogP contribution in [0, 0.1) is 0 Å². The van der Waals surface area contributed by atoms with Gasteiger partial charge in [0.25, 0.3) is 5.91 Å². The normalized spacial score (nSPS) is 16.9.